The van der Waals surface area contributed by atoms with Gasteiger partial charge in [0.25, 0.3) is 5.88 Å². The maximum atomic E-state index is 13.3. The van der Waals surface area contributed by atoms with Crippen molar-refractivity contribution in [2.45, 2.75) is 31.5 Å². The van der Waals surface area contributed by atoms with E-state index in [0.29, 0.717) is 23.0 Å². The molecule has 1 aliphatic rings. The number of aldehydes is 1. The largest absolute Gasteiger partial charge is 0.478 e. The Morgan fingerprint density at radius 1 is 1.26 bits per heavy atom. The summed E-state index contributed by atoms with van der Waals surface area (Å²) in [5.41, 5.74) is 1.18. The van der Waals surface area contributed by atoms with E-state index in [4.69, 9.17) is 4.74 Å². The number of rotatable bonds is 6. The van der Waals surface area contributed by atoms with E-state index < -0.39 is 24.3 Å². The summed E-state index contributed by atoms with van der Waals surface area (Å²) in [5, 5.41) is 3.37. The van der Waals surface area contributed by atoms with E-state index in [-0.39, 0.29) is 17.6 Å². The number of nitrogens with one attached hydrogen (secondary N) is 1. The second kappa shape index (κ2) is 11.2. The molecule has 1 saturated heterocycles. The summed E-state index contributed by atoms with van der Waals surface area (Å²) in [5.74, 6) is 0.949. The topological polar surface area (TPSA) is 91.2 Å². The van der Waals surface area contributed by atoms with Gasteiger partial charge in [-0.05, 0) is 44.4 Å². The van der Waals surface area contributed by atoms with E-state index in [0.717, 1.165) is 12.3 Å². The molecule has 0 amide bonds. The Kier molecular flexibility index (Phi) is 8.54. The summed E-state index contributed by atoms with van der Waals surface area (Å²) in [6.07, 6.45) is -0.640. The molecular weight excluding hydrogens is 490 g/mol. The predicted molar refractivity (Wildman–Crippen MR) is 124 cm³/mol. The van der Waals surface area contributed by atoms with Crippen LogP contribution in [0.5, 0.6) is 17.5 Å². The van der Waals surface area contributed by atoms with Crippen molar-refractivity contribution >= 4 is 29.2 Å². The van der Waals surface area contributed by atoms with Crippen LogP contribution in [-0.4, -0.2) is 62.7 Å². The van der Waals surface area contributed by atoms with Crippen molar-refractivity contribution in [3.63, 3.8) is 0 Å². The monoisotopic (exact) mass is 515 g/mol. The predicted octanol–water partition coefficient (Wildman–Crippen LogP) is 4.54. The quantitative estimate of drug-likeness (QED) is 0.378. The standard InChI is InChI=1S/C15H10F4N4O3.C7H15NS/c1-23-11(6-24)21-9-2-3-12(22-13(9)23)26-14-10(4-8(16)5-20-14)25-7-15(17,18)19;1-7(8-2)3-5-9-6-4-7/h2-6H,7H2,1H3;8H,3-6H2,1-2H3. The lowest BCUT2D eigenvalue weighted by Gasteiger charge is -2.32. The molecule has 1 N–H and O–H groups in total. The van der Waals surface area contributed by atoms with Gasteiger partial charge in [0, 0.05) is 24.7 Å². The molecule has 1 fully saturated rings. The van der Waals surface area contributed by atoms with Crippen molar-refractivity contribution in [2.24, 2.45) is 7.05 Å². The zero-order valence-corrected chi connectivity index (χ0v) is 20.2. The Morgan fingerprint density at radius 3 is 2.57 bits per heavy atom. The minimum absolute atomic E-state index is 0.0473. The molecule has 35 heavy (non-hydrogen) atoms. The summed E-state index contributed by atoms with van der Waals surface area (Å²) in [6, 6.07) is 3.61. The van der Waals surface area contributed by atoms with Gasteiger partial charge >= 0.3 is 6.18 Å². The van der Waals surface area contributed by atoms with Gasteiger partial charge in [-0.2, -0.15) is 29.9 Å². The summed E-state index contributed by atoms with van der Waals surface area (Å²) in [6.45, 7) is 0.679. The van der Waals surface area contributed by atoms with Crippen molar-refractivity contribution in [3.8, 4) is 17.5 Å². The Labute approximate surface area is 203 Å². The number of carbonyl (C=O) groups excluding carboxylic acids is 1. The molecule has 0 bridgehead atoms. The minimum Gasteiger partial charge on any atom is -0.478 e. The number of imidazole rings is 1. The van der Waals surface area contributed by atoms with Gasteiger partial charge in [0.2, 0.25) is 5.88 Å². The van der Waals surface area contributed by atoms with Crippen molar-refractivity contribution in [2.75, 3.05) is 25.2 Å². The molecule has 1 aliphatic heterocycles. The van der Waals surface area contributed by atoms with Gasteiger partial charge in [-0.1, -0.05) is 0 Å². The summed E-state index contributed by atoms with van der Waals surface area (Å²) in [7, 11) is 3.62. The van der Waals surface area contributed by atoms with Crippen LogP contribution in [0.2, 0.25) is 0 Å². The molecule has 0 unspecified atom stereocenters. The van der Waals surface area contributed by atoms with E-state index in [1.165, 1.54) is 41.0 Å². The maximum absolute atomic E-state index is 13.3. The highest BCUT2D eigenvalue weighted by atomic mass is 32.2. The third kappa shape index (κ3) is 7.28. The van der Waals surface area contributed by atoms with E-state index >= 15 is 0 Å². The lowest BCUT2D eigenvalue weighted by molar-refractivity contribution is -0.153. The normalized spacial score (nSPS) is 15.3. The fraction of sp³-hybridized carbons (Fsp3) is 0.455. The van der Waals surface area contributed by atoms with Gasteiger partial charge in [-0.15, -0.1) is 0 Å². The van der Waals surface area contributed by atoms with Crippen molar-refractivity contribution < 1.29 is 31.8 Å². The molecule has 3 aromatic rings. The fourth-order valence-corrected chi connectivity index (χ4v) is 4.54. The molecule has 0 radical (unpaired) electrons. The van der Waals surface area contributed by atoms with Crippen molar-refractivity contribution in [1.82, 2.24) is 24.8 Å². The number of aromatic nitrogens is 4. The molecule has 3 aromatic heterocycles. The number of hydrogen-bond acceptors (Lipinski definition) is 8. The van der Waals surface area contributed by atoms with E-state index in [1.807, 2.05) is 0 Å². The van der Waals surface area contributed by atoms with Crippen LogP contribution in [0.25, 0.3) is 11.2 Å². The Bertz CT molecular complexity index is 1170. The number of carbonyl (C=O) groups is 1. The lowest BCUT2D eigenvalue weighted by Crippen LogP contribution is -2.42. The second-order valence-electron chi connectivity index (χ2n) is 8.02. The Morgan fingerprint density at radius 2 is 1.97 bits per heavy atom. The number of halogens is 4. The number of pyridine rings is 2. The highest BCUT2D eigenvalue weighted by Gasteiger charge is 2.29. The van der Waals surface area contributed by atoms with Gasteiger partial charge < -0.3 is 19.4 Å². The first-order valence-electron chi connectivity index (χ1n) is 10.6. The first-order valence-corrected chi connectivity index (χ1v) is 11.8. The molecule has 4 rings (SSSR count). The third-order valence-electron chi connectivity index (χ3n) is 5.41. The zero-order chi connectivity index (χ0) is 25.6. The van der Waals surface area contributed by atoms with Gasteiger partial charge in [-0.3, -0.25) is 4.79 Å². The van der Waals surface area contributed by atoms with Gasteiger partial charge in [0.1, 0.15) is 11.3 Å². The van der Waals surface area contributed by atoms with Crippen molar-refractivity contribution in [1.29, 1.82) is 0 Å². The molecule has 0 aromatic carbocycles. The SMILES string of the molecule is CNC1(C)CCSCC1.Cn1c(C=O)nc2ccc(Oc3ncc(F)cc3OCC(F)(F)F)nc21. The maximum Gasteiger partial charge on any atom is 0.422 e. The van der Waals surface area contributed by atoms with Crippen LogP contribution >= 0.6 is 11.8 Å². The number of alkyl halides is 3. The zero-order valence-electron chi connectivity index (χ0n) is 19.4. The molecule has 190 valence electrons. The summed E-state index contributed by atoms with van der Waals surface area (Å²) in [4.78, 5) is 22.6. The average Bonchev–Trinajstić information content (AvgIpc) is 3.15. The first-order chi connectivity index (χ1) is 16.5. The Balaban J connectivity index is 0.000000320. The number of hydrogen-bond donors (Lipinski definition) is 1. The molecule has 0 saturated carbocycles. The molecule has 0 aliphatic carbocycles. The third-order valence-corrected chi connectivity index (χ3v) is 6.39. The highest BCUT2D eigenvalue weighted by molar-refractivity contribution is 7.99. The molecule has 0 atom stereocenters. The summed E-state index contributed by atoms with van der Waals surface area (Å²) < 4.78 is 61.5. The van der Waals surface area contributed by atoms with E-state index in [9.17, 15) is 22.4 Å². The van der Waals surface area contributed by atoms with Crippen LogP contribution < -0.4 is 14.8 Å². The number of ether oxygens (including phenoxy) is 2. The smallest absolute Gasteiger partial charge is 0.422 e. The average molecular weight is 516 g/mol. The molecular formula is C22H25F4N5O3S. The van der Waals surface area contributed by atoms with Crippen LogP contribution in [0.4, 0.5) is 17.6 Å². The second-order valence-corrected chi connectivity index (χ2v) is 9.25. The first kappa shape index (κ1) is 26.7. The number of aryl methyl sites for hydroxylation is 1. The van der Waals surface area contributed by atoms with Gasteiger partial charge in [0.05, 0.1) is 6.20 Å². The fourth-order valence-electron chi connectivity index (χ4n) is 3.15. The minimum atomic E-state index is -4.61. The highest BCUT2D eigenvalue weighted by Crippen LogP contribution is 2.31. The number of fused-ring (bicyclic) bond motifs is 1. The van der Waals surface area contributed by atoms with Crippen molar-refractivity contribution in [3.05, 3.63) is 36.0 Å². The number of thioether (sulfide) groups is 1. The van der Waals surface area contributed by atoms with Gasteiger partial charge in [-0.25, -0.2) is 14.4 Å². The lowest BCUT2D eigenvalue weighted by atomic mass is 9.95. The number of nitrogens with zero attached hydrogens (tertiary/aromatic N) is 4. The summed E-state index contributed by atoms with van der Waals surface area (Å²) >= 11 is 2.07. The van der Waals surface area contributed by atoms with Crippen LogP contribution in [0, 0.1) is 5.82 Å². The van der Waals surface area contributed by atoms with Crippen LogP contribution in [0.15, 0.2) is 24.4 Å². The molecule has 8 nitrogen and oxygen atoms in total. The molecule has 4 heterocycles. The van der Waals surface area contributed by atoms with E-state index in [1.54, 1.807) is 7.05 Å². The van der Waals surface area contributed by atoms with E-state index in [2.05, 4.69) is 50.7 Å². The van der Waals surface area contributed by atoms with Crippen LogP contribution in [-0.2, 0) is 7.05 Å². The molecule has 0 spiro atoms. The molecule has 13 heteroatoms. The van der Waals surface area contributed by atoms with Gasteiger partial charge in [0.15, 0.2) is 30.1 Å². The Hall–Kier alpha value is -2.93. The van der Waals surface area contributed by atoms with Crippen LogP contribution in [0.1, 0.15) is 30.4 Å². The van der Waals surface area contributed by atoms with Crippen LogP contribution in [0.3, 0.4) is 0 Å².